The van der Waals surface area contributed by atoms with Gasteiger partial charge in [0.25, 0.3) is 15.7 Å². The summed E-state index contributed by atoms with van der Waals surface area (Å²) in [4.78, 5) is 38.7. The van der Waals surface area contributed by atoms with Gasteiger partial charge >= 0.3 is 0 Å². The number of non-ortho nitro benzene ring substituents is 1. The summed E-state index contributed by atoms with van der Waals surface area (Å²) in [6.45, 7) is 5.48. The SMILES string of the molecule is CCCCNC(=O)[C@@H](C)N(Cc1ccc(C)cc1)C(=O)CN(c1ccc([N+](=O)[O-])cc1)S(=O)(=O)c1ccccc1. The Morgan fingerprint density at radius 3 is 2.17 bits per heavy atom. The second-order valence-corrected chi connectivity index (χ2v) is 11.3. The highest BCUT2D eigenvalue weighted by atomic mass is 32.2. The number of rotatable bonds is 13. The molecule has 0 aromatic heterocycles. The van der Waals surface area contributed by atoms with E-state index in [1.165, 1.54) is 41.3 Å². The Hall–Kier alpha value is -4.25. The highest BCUT2D eigenvalue weighted by Crippen LogP contribution is 2.26. The van der Waals surface area contributed by atoms with Crippen LogP contribution in [0.25, 0.3) is 0 Å². The first-order valence-corrected chi connectivity index (χ1v) is 14.4. The Labute approximate surface area is 234 Å². The van der Waals surface area contributed by atoms with Crippen LogP contribution in [0.4, 0.5) is 11.4 Å². The van der Waals surface area contributed by atoms with Crippen LogP contribution >= 0.6 is 0 Å². The molecule has 3 aromatic carbocycles. The maximum atomic E-state index is 13.9. The maximum Gasteiger partial charge on any atom is 0.269 e. The van der Waals surface area contributed by atoms with Crippen LogP contribution in [0.5, 0.6) is 0 Å². The van der Waals surface area contributed by atoms with Crippen LogP contribution in [0.3, 0.4) is 0 Å². The number of nitro groups is 1. The molecule has 11 heteroatoms. The van der Waals surface area contributed by atoms with Crippen molar-refractivity contribution in [1.82, 2.24) is 10.2 Å². The summed E-state index contributed by atoms with van der Waals surface area (Å²) in [6.07, 6.45) is 1.68. The highest BCUT2D eigenvalue weighted by molar-refractivity contribution is 7.92. The van der Waals surface area contributed by atoms with Crippen molar-refractivity contribution in [1.29, 1.82) is 0 Å². The molecule has 0 radical (unpaired) electrons. The number of hydrogen-bond donors (Lipinski definition) is 1. The van der Waals surface area contributed by atoms with Crippen LogP contribution in [-0.2, 0) is 26.2 Å². The zero-order chi connectivity index (χ0) is 29.3. The predicted molar refractivity (Wildman–Crippen MR) is 153 cm³/mol. The molecule has 0 saturated carbocycles. The molecule has 0 heterocycles. The Balaban J connectivity index is 2.00. The summed E-state index contributed by atoms with van der Waals surface area (Å²) in [5.41, 5.74) is 1.67. The molecule has 40 heavy (non-hydrogen) atoms. The van der Waals surface area contributed by atoms with Crippen molar-refractivity contribution in [2.45, 2.75) is 51.1 Å². The fraction of sp³-hybridized carbons (Fsp3) is 0.310. The van der Waals surface area contributed by atoms with E-state index in [0.717, 1.165) is 28.3 Å². The molecular weight excluding hydrogens is 532 g/mol. The van der Waals surface area contributed by atoms with Crippen LogP contribution < -0.4 is 9.62 Å². The first-order valence-electron chi connectivity index (χ1n) is 13.0. The lowest BCUT2D eigenvalue weighted by Gasteiger charge is -2.32. The second kappa shape index (κ2) is 13.7. The number of hydrogen-bond acceptors (Lipinski definition) is 6. The molecule has 212 valence electrons. The minimum atomic E-state index is -4.24. The van der Waals surface area contributed by atoms with E-state index in [-0.39, 0.29) is 28.7 Å². The third kappa shape index (κ3) is 7.66. The highest BCUT2D eigenvalue weighted by Gasteiger charge is 2.32. The molecule has 3 rings (SSSR count). The third-order valence-electron chi connectivity index (χ3n) is 6.43. The van der Waals surface area contributed by atoms with Gasteiger partial charge in [0.15, 0.2) is 0 Å². The molecular formula is C29H34N4O6S. The minimum absolute atomic E-state index is 0.0448. The fourth-order valence-electron chi connectivity index (χ4n) is 4.00. The number of carbonyl (C=O) groups excluding carboxylic acids is 2. The van der Waals surface area contributed by atoms with Gasteiger partial charge in [-0.3, -0.25) is 24.0 Å². The van der Waals surface area contributed by atoms with E-state index in [2.05, 4.69) is 5.32 Å². The molecule has 0 unspecified atom stereocenters. The Morgan fingerprint density at radius 2 is 1.60 bits per heavy atom. The summed E-state index contributed by atoms with van der Waals surface area (Å²) < 4.78 is 28.4. The van der Waals surface area contributed by atoms with Crippen LogP contribution in [0, 0.1) is 17.0 Å². The Morgan fingerprint density at radius 1 is 0.975 bits per heavy atom. The van der Waals surface area contributed by atoms with Crippen molar-refractivity contribution >= 4 is 33.2 Å². The summed E-state index contributed by atoms with van der Waals surface area (Å²) in [5, 5.41) is 14.0. The number of nitrogens with zero attached hydrogens (tertiary/aromatic N) is 3. The van der Waals surface area contributed by atoms with E-state index in [9.17, 15) is 28.1 Å². The molecule has 0 fully saturated rings. The molecule has 2 amide bonds. The number of nitrogens with one attached hydrogen (secondary N) is 1. The number of aryl methyl sites for hydroxylation is 1. The Bertz CT molecular complexity index is 1410. The van der Waals surface area contributed by atoms with Crippen molar-refractivity contribution in [3.63, 3.8) is 0 Å². The van der Waals surface area contributed by atoms with E-state index in [4.69, 9.17) is 0 Å². The zero-order valence-electron chi connectivity index (χ0n) is 22.8. The molecule has 0 aliphatic rings. The predicted octanol–water partition coefficient (Wildman–Crippen LogP) is 4.43. The molecule has 10 nitrogen and oxygen atoms in total. The van der Waals surface area contributed by atoms with Gasteiger partial charge in [0.2, 0.25) is 11.8 Å². The van der Waals surface area contributed by atoms with Gasteiger partial charge in [0, 0.05) is 25.2 Å². The smallest absolute Gasteiger partial charge is 0.269 e. The number of benzene rings is 3. The number of nitro benzene ring substituents is 1. The number of anilines is 1. The topological polar surface area (TPSA) is 130 Å². The van der Waals surface area contributed by atoms with E-state index in [0.29, 0.717) is 6.54 Å². The number of carbonyl (C=O) groups is 2. The van der Waals surface area contributed by atoms with Crippen molar-refractivity contribution in [3.05, 3.63) is 100 Å². The minimum Gasteiger partial charge on any atom is -0.354 e. The average molecular weight is 567 g/mol. The summed E-state index contributed by atoms with van der Waals surface area (Å²) in [5.74, 6) is -0.946. The standard InChI is InChI=1S/C29H34N4O6S/c1-4-5-19-30-29(35)23(3)31(20-24-13-11-22(2)12-14-24)28(34)21-32(25-15-17-26(18-16-25)33(36)37)40(38,39)27-9-7-6-8-10-27/h6-18,23H,4-5,19-21H2,1-3H3,(H,30,35)/t23-/m1/s1. The van der Waals surface area contributed by atoms with Gasteiger partial charge in [0.05, 0.1) is 15.5 Å². The normalized spacial score (nSPS) is 11.9. The maximum absolute atomic E-state index is 13.9. The van der Waals surface area contributed by atoms with Crippen molar-refractivity contribution in [2.75, 3.05) is 17.4 Å². The molecule has 1 N–H and O–H groups in total. The first kappa shape index (κ1) is 30.3. The monoisotopic (exact) mass is 566 g/mol. The fourth-order valence-corrected chi connectivity index (χ4v) is 5.43. The number of amides is 2. The molecule has 3 aromatic rings. The van der Waals surface area contributed by atoms with Crippen LogP contribution in [0.15, 0.2) is 83.8 Å². The lowest BCUT2D eigenvalue weighted by Crippen LogP contribution is -2.51. The van der Waals surface area contributed by atoms with Gasteiger partial charge in [-0.25, -0.2) is 8.42 Å². The van der Waals surface area contributed by atoms with E-state index in [1.807, 2.05) is 38.1 Å². The molecule has 0 spiro atoms. The molecule has 0 aliphatic heterocycles. The summed E-state index contributed by atoms with van der Waals surface area (Å²) in [6, 6.07) is 19.2. The van der Waals surface area contributed by atoms with Gasteiger partial charge in [-0.1, -0.05) is 61.4 Å². The van der Waals surface area contributed by atoms with Gasteiger partial charge in [-0.15, -0.1) is 0 Å². The summed E-state index contributed by atoms with van der Waals surface area (Å²) >= 11 is 0. The average Bonchev–Trinajstić information content (AvgIpc) is 2.95. The van der Waals surface area contributed by atoms with Gasteiger partial charge in [-0.2, -0.15) is 0 Å². The van der Waals surface area contributed by atoms with Gasteiger partial charge in [-0.05, 0) is 50.1 Å². The second-order valence-electron chi connectivity index (χ2n) is 9.43. The largest absolute Gasteiger partial charge is 0.354 e. The van der Waals surface area contributed by atoms with Crippen LogP contribution in [0.1, 0.15) is 37.8 Å². The number of unbranched alkanes of at least 4 members (excludes halogenated alkanes) is 1. The first-order chi connectivity index (χ1) is 19.0. The van der Waals surface area contributed by atoms with Crippen molar-refractivity contribution in [2.24, 2.45) is 0 Å². The van der Waals surface area contributed by atoms with Crippen molar-refractivity contribution < 1.29 is 22.9 Å². The van der Waals surface area contributed by atoms with Gasteiger partial charge < -0.3 is 10.2 Å². The lowest BCUT2D eigenvalue weighted by atomic mass is 10.1. The van der Waals surface area contributed by atoms with E-state index < -0.39 is 33.4 Å². The number of sulfonamides is 1. The van der Waals surface area contributed by atoms with E-state index >= 15 is 0 Å². The van der Waals surface area contributed by atoms with Crippen LogP contribution in [-0.4, -0.2) is 49.2 Å². The van der Waals surface area contributed by atoms with E-state index in [1.54, 1.807) is 25.1 Å². The van der Waals surface area contributed by atoms with Gasteiger partial charge in [0.1, 0.15) is 12.6 Å². The quantitative estimate of drug-likeness (QED) is 0.185. The van der Waals surface area contributed by atoms with Crippen molar-refractivity contribution in [3.8, 4) is 0 Å². The lowest BCUT2D eigenvalue weighted by molar-refractivity contribution is -0.384. The summed E-state index contributed by atoms with van der Waals surface area (Å²) in [7, 11) is -4.24. The molecule has 1 atom stereocenters. The zero-order valence-corrected chi connectivity index (χ0v) is 23.6. The molecule has 0 aliphatic carbocycles. The van der Waals surface area contributed by atoms with Crippen LogP contribution in [0.2, 0.25) is 0 Å². The Kier molecular flexibility index (Phi) is 10.4. The molecule has 0 bridgehead atoms. The third-order valence-corrected chi connectivity index (χ3v) is 8.22. The molecule has 0 saturated heterocycles.